The Hall–Kier alpha value is -2.96. The summed E-state index contributed by atoms with van der Waals surface area (Å²) < 4.78 is 13.6. The van der Waals surface area contributed by atoms with Crippen LogP contribution in [-0.2, 0) is 6.54 Å². The average molecular weight is 289 g/mol. The van der Waals surface area contributed by atoms with E-state index in [-0.39, 0.29) is 6.54 Å². The van der Waals surface area contributed by atoms with E-state index in [1.807, 2.05) is 30.3 Å². The smallest absolute Gasteiger partial charge is 0.319 e. The summed E-state index contributed by atoms with van der Waals surface area (Å²) in [6.07, 6.45) is 0. The minimum absolute atomic E-state index is 0.231. The number of carbonyl (C=O) groups excluding carboxylic acids is 1. The maximum atomic E-state index is 13.6. The zero-order chi connectivity index (χ0) is 15.2. The molecule has 0 aliphatic heterocycles. The number of benzene rings is 2. The van der Waals surface area contributed by atoms with Crippen LogP contribution in [0.5, 0.6) is 0 Å². The maximum Gasteiger partial charge on any atom is 0.319 e. The van der Waals surface area contributed by atoms with Crippen molar-refractivity contribution >= 4 is 17.4 Å². The van der Waals surface area contributed by atoms with Gasteiger partial charge in [-0.3, -0.25) is 15.4 Å². The molecule has 7 heteroatoms. The number of nitro benzene ring substituents is 1. The molecule has 0 fully saturated rings. The van der Waals surface area contributed by atoms with E-state index in [0.29, 0.717) is 0 Å². The van der Waals surface area contributed by atoms with E-state index in [4.69, 9.17) is 0 Å². The van der Waals surface area contributed by atoms with Gasteiger partial charge in [0.1, 0.15) is 0 Å². The van der Waals surface area contributed by atoms with Crippen LogP contribution in [0.15, 0.2) is 48.5 Å². The number of hydrogen-bond donors (Lipinski definition) is 2. The van der Waals surface area contributed by atoms with Gasteiger partial charge in [-0.2, -0.15) is 0 Å². The fourth-order valence-electron chi connectivity index (χ4n) is 1.72. The molecule has 2 aromatic carbocycles. The highest BCUT2D eigenvalue weighted by Gasteiger charge is 2.19. The van der Waals surface area contributed by atoms with Gasteiger partial charge < -0.3 is 5.32 Å². The van der Waals surface area contributed by atoms with Crippen LogP contribution in [0, 0.1) is 15.9 Å². The lowest BCUT2D eigenvalue weighted by molar-refractivity contribution is -0.384. The van der Waals surface area contributed by atoms with Crippen molar-refractivity contribution in [2.24, 2.45) is 0 Å². The van der Waals surface area contributed by atoms with Gasteiger partial charge in [0.2, 0.25) is 0 Å². The summed E-state index contributed by atoms with van der Waals surface area (Å²) in [7, 11) is 0. The first-order chi connectivity index (χ1) is 10.1. The first-order valence-corrected chi connectivity index (χ1v) is 6.09. The molecule has 0 heterocycles. The SMILES string of the molecule is O=C(NCc1ccccc1)Nc1c(F)cccc1[N+](=O)[O-]. The van der Waals surface area contributed by atoms with Gasteiger partial charge in [-0.25, -0.2) is 9.18 Å². The van der Waals surface area contributed by atoms with E-state index in [2.05, 4.69) is 10.6 Å². The van der Waals surface area contributed by atoms with Gasteiger partial charge in [0.05, 0.1) is 4.92 Å². The van der Waals surface area contributed by atoms with Crippen LogP contribution in [0.1, 0.15) is 5.56 Å². The molecule has 2 aromatic rings. The average Bonchev–Trinajstić information content (AvgIpc) is 2.48. The summed E-state index contributed by atoms with van der Waals surface area (Å²) in [4.78, 5) is 21.7. The largest absolute Gasteiger partial charge is 0.334 e. The Morgan fingerprint density at radius 2 is 1.86 bits per heavy atom. The Labute approximate surface area is 119 Å². The topological polar surface area (TPSA) is 84.3 Å². The minimum Gasteiger partial charge on any atom is -0.334 e. The third-order valence-electron chi connectivity index (χ3n) is 2.72. The molecule has 0 unspecified atom stereocenters. The molecular weight excluding hydrogens is 277 g/mol. The van der Waals surface area contributed by atoms with Gasteiger partial charge >= 0.3 is 6.03 Å². The molecule has 6 nitrogen and oxygen atoms in total. The second-order valence-corrected chi connectivity index (χ2v) is 4.18. The first kappa shape index (κ1) is 14.4. The van der Waals surface area contributed by atoms with Gasteiger partial charge in [-0.1, -0.05) is 36.4 Å². The molecular formula is C14H12FN3O3. The van der Waals surface area contributed by atoms with Crippen molar-refractivity contribution in [3.05, 3.63) is 70.0 Å². The highest BCUT2D eigenvalue weighted by molar-refractivity contribution is 5.91. The summed E-state index contributed by atoms with van der Waals surface area (Å²) in [6, 6.07) is 11.7. The zero-order valence-corrected chi connectivity index (χ0v) is 10.9. The van der Waals surface area contributed by atoms with E-state index in [9.17, 15) is 19.3 Å². The number of urea groups is 1. The Bertz CT molecular complexity index is 662. The van der Waals surface area contributed by atoms with Gasteiger partial charge in [0, 0.05) is 12.6 Å². The number of nitrogens with zero attached hydrogens (tertiary/aromatic N) is 1. The van der Waals surface area contributed by atoms with Crippen LogP contribution in [0.2, 0.25) is 0 Å². The van der Waals surface area contributed by atoms with Gasteiger partial charge in [0.25, 0.3) is 5.69 Å². The van der Waals surface area contributed by atoms with E-state index < -0.39 is 28.1 Å². The molecule has 0 spiro atoms. The van der Waals surface area contributed by atoms with Crippen LogP contribution in [0.3, 0.4) is 0 Å². The van der Waals surface area contributed by atoms with E-state index >= 15 is 0 Å². The van der Waals surface area contributed by atoms with Gasteiger partial charge in [-0.05, 0) is 11.6 Å². The molecule has 0 aromatic heterocycles. The lowest BCUT2D eigenvalue weighted by Crippen LogP contribution is -2.28. The fraction of sp³-hybridized carbons (Fsp3) is 0.0714. The monoisotopic (exact) mass is 289 g/mol. The van der Waals surface area contributed by atoms with E-state index in [1.54, 1.807) is 0 Å². The molecule has 108 valence electrons. The number of amides is 2. The molecule has 0 saturated carbocycles. The minimum atomic E-state index is -0.862. The lowest BCUT2D eigenvalue weighted by atomic mass is 10.2. The summed E-state index contributed by atoms with van der Waals surface area (Å²) in [5, 5.41) is 15.5. The first-order valence-electron chi connectivity index (χ1n) is 6.09. The second kappa shape index (κ2) is 6.47. The number of rotatable bonds is 4. The highest BCUT2D eigenvalue weighted by Crippen LogP contribution is 2.26. The molecule has 0 radical (unpaired) electrons. The molecule has 21 heavy (non-hydrogen) atoms. The Morgan fingerprint density at radius 3 is 2.52 bits per heavy atom. The van der Waals surface area contributed by atoms with Crippen molar-refractivity contribution in [2.45, 2.75) is 6.54 Å². The predicted octanol–water partition coefficient (Wildman–Crippen LogP) is 3.06. The number of anilines is 1. The number of nitrogens with one attached hydrogen (secondary N) is 2. The molecule has 2 amide bonds. The second-order valence-electron chi connectivity index (χ2n) is 4.18. The zero-order valence-electron chi connectivity index (χ0n) is 10.9. The summed E-state index contributed by atoms with van der Waals surface area (Å²) in [6.45, 7) is 0.231. The number of nitro groups is 1. The van der Waals surface area contributed by atoms with Crippen molar-refractivity contribution in [2.75, 3.05) is 5.32 Å². The third-order valence-corrected chi connectivity index (χ3v) is 2.72. The van der Waals surface area contributed by atoms with Gasteiger partial charge in [0.15, 0.2) is 11.5 Å². The lowest BCUT2D eigenvalue weighted by Gasteiger charge is -2.08. The van der Waals surface area contributed by atoms with Crippen LogP contribution >= 0.6 is 0 Å². The van der Waals surface area contributed by atoms with Crippen molar-refractivity contribution in [1.29, 1.82) is 0 Å². The molecule has 0 aliphatic rings. The Kier molecular flexibility index (Phi) is 4.45. The van der Waals surface area contributed by atoms with E-state index in [0.717, 1.165) is 17.7 Å². The maximum absolute atomic E-state index is 13.6. The molecule has 0 aliphatic carbocycles. The van der Waals surface area contributed by atoms with Crippen molar-refractivity contribution in [1.82, 2.24) is 5.32 Å². The Balaban J connectivity index is 2.05. The summed E-state index contributed by atoms with van der Waals surface area (Å²) in [5.74, 6) is -0.862. The normalized spacial score (nSPS) is 9.95. The Morgan fingerprint density at radius 1 is 1.14 bits per heavy atom. The number of para-hydroxylation sites is 1. The molecule has 2 N–H and O–H groups in total. The van der Waals surface area contributed by atoms with Crippen LogP contribution in [0.4, 0.5) is 20.6 Å². The highest BCUT2D eigenvalue weighted by atomic mass is 19.1. The molecule has 0 bridgehead atoms. The van der Waals surface area contributed by atoms with Crippen LogP contribution < -0.4 is 10.6 Å². The summed E-state index contributed by atoms with van der Waals surface area (Å²) in [5.41, 5.74) is -0.0893. The fourth-order valence-corrected chi connectivity index (χ4v) is 1.72. The van der Waals surface area contributed by atoms with E-state index in [1.165, 1.54) is 6.07 Å². The summed E-state index contributed by atoms with van der Waals surface area (Å²) >= 11 is 0. The quantitative estimate of drug-likeness (QED) is 0.670. The molecule has 0 saturated heterocycles. The standard InChI is InChI=1S/C14H12FN3O3/c15-11-7-4-8-12(18(20)21)13(11)17-14(19)16-9-10-5-2-1-3-6-10/h1-8H,9H2,(H2,16,17,19). The van der Waals surface area contributed by atoms with Crippen molar-refractivity contribution in [3.8, 4) is 0 Å². The number of hydrogen-bond acceptors (Lipinski definition) is 3. The van der Waals surface area contributed by atoms with Crippen molar-refractivity contribution < 1.29 is 14.1 Å². The van der Waals surface area contributed by atoms with Crippen molar-refractivity contribution in [3.63, 3.8) is 0 Å². The van der Waals surface area contributed by atoms with Crippen LogP contribution in [-0.4, -0.2) is 11.0 Å². The van der Waals surface area contributed by atoms with Crippen LogP contribution in [0.25, 0.3) is 0 Å². The van der Waals surface area contributed by atoms with Gasteiger partial charge in [-0.15, -0.1) is 0 Å². The molecule has 0 atom stereocenters. The number of halogens is 1. The third kappa shape index (κ3) is 3.75. The predicted molar refractivity (Wildman–Crippen MR) is 75.4 cm³/mol. The number of carbonyl (C=O) groups is 1. The molecule has 2 rings (SSSR count).